The fourth-order valence-electron chi connectivity index (χ4n) is 2.12. The summed E-state index contributed by atoms with van der Waals surface area (Å²) in [4.78, 5) is 26.8. The zero-order valence-corrected chi connectivity index (χ0v) is 14.2. The number of esters is 1. The molecule has 0 saturated carbocycles. The molecule has 0 atom stereocenters. The van der Waals surface area contributed by atoms with Gasteiger partial charge in [0.1, 0.15) is 5.69 Å². The number of nitrogens with one attached hydrogen (secondary N) is 2. The summed E-state index contributed by atoms with van der Waals surface area (Å²) in [6.45, 7) is -0.333. The van der Waals surface area contributed by atoms with Crippen molar-refractivity contribution in [1.29, 1.82) is 0 Å². The van der Waals surface area contributed by atoms with E-state index in [4.69, 9.17) is 4.74 Å². The van der Waals surface area contributed by atoms with Gasteiger partial charge in [-0.3, -0.25) is 4.79 Å². The van der Waals surface area contributed by atoms with E-state index < -0.39 is 5.97 Å². The van der Waals surface area contributed by atoms with Gasteiger partial charge in [0.25, 0.3) is 5.91 Å². The number of anilines is 1. The molecule has 0 bridgehead atoms. The Morgan fingerprint density at radius 2 is 1.83 bits per heavy atom. The fourth-order valence-corrected chi connectivity index (χ4v) is 2.48. The van der Waals surface area contributed by atoms with Gasteiger partial charge in [0.2, 0.25) is 0 Å². The van der Waals surface area contributed by atoms with Gasteiger partial charge >= 0.3 is 5.97 Å². The second kappa shape index (κ2) is 6.82. The van der Waals surface area contributed by atoms with Crippen molar-refractivity contribution in [3.63, 3.8) is 0 Å². The number of hydrogen-bond donors (Lipinski definition) is 2. The van der Waals surface area contributed by atoms with Crippen LogP contribution in [-0.2, 0) is 9.53 Å². The number of halogens is 1. The Labute approximate surface area is 146 Å². The Morgan fingerprint density at radius 3 is 2.57 bits per heavy atom. The predicted molar refractivity (Wildman–Crippen MR) is 96.4 cm³/mol. The second-order valence-electron chi connectivity index (χ2n) is 4.90. The zero-order chi connectivity index (χ0) is 16.2. The van der Waals surface area contributed by atoms with Gasteiger partial charge in [0.15, 0.2) is 6.61 Å². The van der Waals surface area contributed by atoms with Crippen molar-refractivity contribution in [3.05, 3.63) is 63.9 Å². The average molecular weight is 420 g/mol. The van der Waals surface area contributed by atoms with Crippen molar-refractivity contribution in [2.45, 2.75) is 0 Å². The number of aromatic amines is 1. The minimum absolute atomic E-state index is 0.327. The van der Waals surface area contributed by atoms with E-state index in [-0.39, 0.29) is 12.5 Å². The number of rotatable bonds is 4. The van der Waals surface area contributed by atoms with E-state index in [2.05, 4.69) is 32.9 Å². The molecule has 3 aromatic rings. The number of carbonyl (C=O) groups excluding carboxylic acids is 2. The third kappa shape index (κ3) is 3.89. The highest BCUT2D eigenvalue weighted by Crippen LogP contribution is 2.15. The normalized spacial score (nSPS) is 10.5. The Bertz CT molecular complexity index is 823. The molecule has 0 unspecified atom stereocenters. The topological polar surface area (TPSA) is 71.2 Å². The Kier molecular flexibility index (Phi) is 4.61. The monoisotopic (exact) mass is 420 g/mol. The van der Waals surface area contributed by atoms with Crippen LogP contribution in [0.15, 0.2) is 54.6 Å². The number of fused-ring (bicyclic) bond motifs is 1. The van der Waals surface area contributed by atoms with Crippen LogP contribution in [0.25, 0.3) is 10.9 Å². The molecule has 3 rings (SSSR count). The molecule has 0 aliphatic heterocycles. The van der Waals surface area contributed by atoms with Crippen LogP contribution in [0.3, 0.4) is 0 Å². The molecule has 0 fully saturated rings. The summed E-state index contributed by atoms with van der Waals surface area (Å²) >= 11 is 2.18. The van der Waals surface area contributed by atoms with Crippen molar-refractivity contribution in [3.8, 4) is 0 Å². The molecule has 2 aromatic carbocycles. The molecule has 1 amide bonds. The minimum atomic E-state index is -0.557. The maximum Gasteiger partial charge on any atom is 0.355 e. The molecule has 23 heavy (non-hydrogen) atoms. The summed E-state index contributed by atoms with van der Waals surface area (Å²) in [5.74, 6) is -0.936. The molecule has 5 nitrogen and oxygen atoms in total. The number of hydrogen-bond acceptors (Lipinski definition) is 3. The molecule has 6 heteroatoms. The van der Waals surface area contributed by atoms with E-state index in [1.54, 1.807) is 18.2 Å². The zero-order valence-electron chi connectivity index (χ0n) is 12.0. The molecular formula is C17H13IN2O3. The van der Waals surface area contributed by atoms with Gasteiger partial charge in [-0.2, -0.15) is 0 Å². The van der Waals surface area contributed by atoms with Crippen molar-refractivity contribution in [2.75, 3.05) is 11.9 Å². The SMILES string of the molecule is O=C(COC(=O)c1cc2ccccc2[nH]1)Nc1ccc(I)cc1. The molecule has 2 N–H and O–H groups in total. The lowest BCUT2D eigenvalue weighted by Crippen LogP contribution is -2.21. The van der Waals surface area contributed by atoms with Crippen LogP contribution in [0.4, 0.5) is 5.69 Å². The highest BCUT2D eigenvalue weighted by Gasteiger charge is 2.13. The third-order valence-corrected chi connectivity index (χ3v) is 3.93. The van der Waals surface area contributed by atoms with Crippen LogP contribution < -0.4 is 5.32 Å². The smallest absolute Gasteiger partial charge is 0.355 e. The van der Waals surface area contributed by atoms with Crippen LogP contribution in [0.1, 0.15) is 10.5 Å². The number of para-hydroxylation sites is 1. The first-order valence-electron chi connectivity index (χ1n) is 6.92. The van der Waals surface area contributed by atoms with Crippen molar-refractivity contribution in [2.24, 2.45) is 0 Å². The van der Waals surface area contributed by atoms with Gasteiger partial charge in [-0.25, -0.2) is 4.79 Å². The molecule has 0 aliphatic carbocycles. The number of aromatic nitrogens is 1. The second-order valence-corrected chi connectivity index (χ2v) is 6.15. The molecule has 0 aliphatic rings. The van der Waals surface area contributed by atoms with Crippen molar-refractivity contribution >= 4 is 51.1 Å². The quantitative estimate of drug-likeness (QED) is 0.501. The molecule has 0 spiro atoms. The van der Waals surface area contributed by atoms with Gasteiger partial charge < -0.3 is 15.0 Å². The fraction of sp³-hybridized carbons (Fsp3) is 0.0588. The molecular weight excluding hydrogens is 407 g/mol. The minimum Gasteiger partial charge on any atom is -0.451 e. The Hall–Kier alpha value is -2.35. The summed E-state index contributed by atoms with van der Waals surface area (Å²) < 4.78 is 6.11. The first-order chi connectivity index (χ1) is 11.1. The van der Waals surface area contributed by atoms with Crippen LogP contribution in [0.5, 0.6) is 0 Å². The highest BCUT2D eigenvalue weighted by molar-refractivity contribution is 14.1. The lowest BCUT2D eigenvalue weighted by molar-refractivity contribution is -0.119. The van der Waals surface area contributed by atoms with Gasteiger partial charge in [-0.15, -0.1) is 0 Å². The van der Waals surface area contributed by atoms with Gasteiger partial charge in [-0.05, 0) is 59.0 Å². The molecule has 0 saturated heterocycles. The van der Waals surface area contributed by atoms with E-state index in [1.807, 2.05) is 36.4 Å². The summed E-state index contributed by atoms with van der Waals surface area (Å²) in [5, 5.41) is 3.59. The van der Waals surface area contributed by atoms with E-state index in [0.29, 0.717) is 11.4 Å². The van der Waals surface area contributed by atoms with E-state index in [9.17, 15) is 9.59 Å². The molecule has 0 radical (unpaired) electrons. The van der Waals surface area contributed by atoms with Crippen molar-refractivity contribution < 1.29 is 14.3 Å². The average Bonchev–Trinajstić information content (AvgIpc) is 2.99. The maximum atomic E-state index is 12.0. The summed E-state index contributed by atoms with van der Waals surface area (Å²) in [7, 11) is 0. The number of H-pyrrole nitrogens is 1. The summed E-state index contributed by atoms with van der Waals surface area (Å²) in [5.41, 5.74) is 1.84. The molecule has 1 heterocycles. The van der Waals surface area contributed by atoms with Gasteiger partial charge in [-0.1, -0.05) is 18.2 Å². The lowest BCUT2D eigenvalue weighted by atomic mass is 10.2. The largest absolute Gasteiger partial charge is 0.451 e. The van der Waals surface area contributed by atoms with Gasteiger partial charge in [0, 0.05) is 20.2 Å². The maximum absolute atomic E-state index is 12.0. The number of carbonyl (C=O) groups is 2. The number of amides is 1. The van der Waals surface area contributed by atoms with Gasteiger partial charge in [0.05, 0.1) is 0 Å². The van der Waals surface area contributed by atoms with Crippen LogP contribution >= 0.6 is 22.6 Å². The van der Waals surface area contributed by atoms with Crippen LogP contribution in [0.2, 0.25) is 0 Å². The lowest BCUT2D eigenvalue weighted by Gasteiger charge is -2.06. The first-order valence-corrected chi connectivity index (χ1v) is 8.00. The number of benzene rings is 2. The Balaban J connectivity index is 1.57. The molecule has 116 valence electrons. The van der Waals surface area contributed by atoms with E-state index in [0.717, 1.165) is 14.5 Å². The first kappa shape index (κ1) is 15.5. The standard InChI is InChI=1S/C17H13IN2O3/c18-12-5-7-13(8-6-12)19-16(21)10-23-17(22)15-9-11-3-1-2-4-14(11)20-15/h1-9,20H,10H2,(H,19,21). The van der Waals surface area contributed by atoms with Crippen LogP contribution in [-0.4, -0.2) is 23.5 Å². The summed E-state index contributed by atoms with van der Waals surface area (Å²) in [6, 6.07) is 16.6. The summed E-state index contributed by atoms with van der Waals surface area (Å²) in [6.07, 6.45) is 0. The van der Waals surface area contributed by atoms with E-state index in [1.165, 1.54) is 0 Å². The third-order valence-electron chi connectivity index (χ3n) is 3.21. The number of ether oxygens (including phenoxy) is 1. The van der Waals surface area contributed by atoms with Crippen LogP contribution in [0, 0.1) is 3.57 Å². The van der Waals surface area contributed by atoms with Crippen molar-refractivity contribution in [1.82, 2.24) is 4.98 Å². The van der Waals surface area contributed by atoms with E-state index >= 15 is 0 Å². The predicted octanol–water partition coefficient (Wildman–Crippen LogP) is 3.57. The molecule has 1 aromatic heterocycles. The highest BCUT2D eigenvalue weighted by atomic mass is 127. The Morgan fingerprint density at radius 1 is 1.09 bits per heavy atom.